The predicted octanol–water partition coefficient (Wildman–Crippen LogP) is 1.54. The summed E-state index contributed by atoms with van der Waals surface area (Å²) in [6.07, 6.45) is 3.53. The summed E-state index contributed by atoms with van der Waals surface area (Å²) >= 11 is 1.48. The SMILES string of the molecule is CCCNc1ncc(S(=O)(=O)NCc2csc(C)n2)cn1. The first-order chi connectivity index (χ1) is 10.0. The number of rotatable bonds is 7. The monoisotopic (exact) mass is 327 g/mol. The molecule has 0 aliphatic heterocycles. The van der Waals surface area contributed by atoms with E-state index in [1.165, 1.54) is 23.7 Å². The summed E-state index contributed by atoms with van der Waals surface area (Å²) in [5.74, 6) is 0.422. The Balaban J connectivity index is 2.01. The van der Waals surface area contributed by atoms with E-state index >= 15 is 0 Å². The molecule has 0 saturated heterocycles. The van der Waals surface area contributed by atoms with Crippen LogP contribution in [-0.4, -0.2) is 29.9 Å². The van der Waals surface area contributed by atoms with Crippen LogP contribution >= 0.6 is 11.3 Å². The molecule has 114 valence electrons. The molecule has 2 N–H and O–H groups in total. The van der Waals surface area contributed by atoms with Crippen LogP contribution in [0.2, 0.25) is 0 Å². The maximum atomic E-state index is 12.1. The fraction of sp³-hybridized carbons (Fsp3) is 0.417. The van der Waals surface area contributed by atoms with E-state index in [2.05, 4.69) is 25.0 Å². The molecule has 9 heteroatoms. The van der Waals surface area contributed by atoms with Crippen molar-refractivity contribution in [3.05, 3.63) is 28.5 Å². The molecule has 0 saturated carbocycles. The second kappa shape index (κ2) is 6.92. The van der Waals surface area contributed by atoms with E-state index < -0.39 is 10.0 Å². The number of anilines is 1. The molecule has 7 nitrogen and oxygen atoms in total. The van der Waals surface area contributed by atoms with Gasteiger partial charge in [-0.05, 0) is 13.3 Å². The lowest BCUT2D eigenvalue weighted by atomic mass is 10.5. The van der Waals surface area contributed by atoms with E-state index in [9.17, 15) is 8.42 Å². The topological polar surface area (TPSA) is 96.9 Å². The highest BCUT2D eigenvalue weighted by Gasteiger charge is 2.15. The van der Waals surface area contributed by atoms with Gasteiger partial charge in [0.2, 0.25) is 16.0 Å². The average Bonchev–Trinajstić information content (AvgIpc) is 2.89. The number of aromatic nitrogens is 3. The van der Waals surface area contributed by atoms with E-state index in [4.69, 9.17) is 0 Å². The zero-order valence-corrected chi connectivity index (χ0v) is 13.5. The summed E-state index contributed by atoms with van der Waals surface area (Å²) in [6.45, 7) is 4.80. The van der Waals surface area contributed by atoms with Crippen molar-refractivity contribution in [3.63, 3.8) is 0 Å². The normalized spacial score (nSPS) is 11.5. The Morgan fingerprint density at radius 2 is 2.00 bits per heavy atom. The van der Waals surface area contributed by atoms with Crippen LogP contribution in [-0.2, 0) is 16.6 Å². The summed E-state index contributed by atoms with van der Waals surface area (Å²) in [6, 6.07) is 0. The molecular weight excluding hydrogens is 310 g/mol. The first kappa shape index (κ1) is 15.8. The Bertz CT molecular complexity index is 682. The van der Waals surface area contributed by atoms with Gasteiger partial charge >= 0.3 is 0 Å². The quantitative estimate of drug-likeness (QED) is 0.801. The van der Waals surface area contributed by atoms with Gasteiger partial charge in [-0.2, -0.15) is 0 Å². The summed E-state index contributed by atoms with van der Waals surface area (Å²) < 4.78 is 26.7. The Labute approximate surface area is 127 Å². The van der Waals surface area contributed by atoms with E-state index in [1.807, 2.05) is 19.2 Å². The third-order valence-corrected chi connectivity index (χ3v) is 4.76. The molecule has 21 heavy (non-hydrogen) atoms. The van der Waals surface area contributed by atoms with Gasteiger partial charge in [0.1, 0.15) is 4.90 Å². The summed E-state index contributed by atoms with van der Waals surface area (Å²) in [5.41, 5.74) is 0.697. The Hall–Kier alpha value is -1.58. The molecular formula is C12H17N5O2S2. The number of thiazole rings is 1. The van der Waals surface area contributed by atoms with Crippen molar-refractivity contribution < 1.29 is 8.42 Å². The van der Waals surface area contributed by atoms with Gasteiger partial charge in [0.05, 0.1) is 29.6 Å². The number of nitrogens with one attached hydrogen (secondary N) is 2. The van der Waals surface area contributed by atoms with E-state index in [0.29, 0.717) is 11.6 Å². The van der Waals surface area contributed by atoms with Crippen molar-refractivity contribution in [2.75, 3.05) is 11.9 Å². The lowest BCUT2D eigenvalue weighted by molar-refractivity contribution is 0.579. The molecule has 0 atom stereocenters. The first-order valence-electron chi connectivity index (χ1n) is 6.48. The van der Waals surface area contributed by atoms with Crippen molar-refractivity contribution in [2.24, 2.45) is 0 Å². The molecule has 0 aromatic carbocycles. The van der Waals surface area contributed by atoms with Crippen LogP contribution in [0.25, 0.3) is 0 Å². The van der Waals surface area contributed by atoms with Crippen LogP contribution in [0, 0.1) is 6.92 Å². The van der Waals surface area contributed by atoms with Gasteiger partial charge in [0.25, 0.3) is 0 Å². The first-order valence-corrected chi connectivity index (χ1v) is 8.84. The largest absolute Gasteiger partial charge is 0.354 e. The molecule has 0 aliphatic carbocycles. The summed E-state index contributed by atoms with van der Waals surface area (Å²) in [7, 11) is -3.62. The number of hydrogen-bond donors (Lipinski definition) is 2. The van der Waals surface area contributed by atoms with Crippen LogP contribution in [0.15, 0.2) is 22.7 Å². The van der Waals surface area contributed by atoms with E-state index in [1.54, 1.807) is 0 Å². The molecule has 0 unspecified atom stereocenters. The third kappa shape index (κ3) is 4.45. The van der Waals surface area contributed by atoms with Crippen LogP contribution in [0.5, 0.6) is 0 Å². The molecule has 0 bridgehead atoms. The Morgan fingerprint density at radius 3 is 2.57 bits per heavy atom. The lowest BCUT2D eigenvalue weighted by Crippen LogP contribution is -2.23. The lowest BCUT2D eigenvalue weighted by Gasteiger charge is -2.06. The molecule has 2 rings (SSSR count). The smallest absolute Gasteiger partial charge is 0.244 e. The second-order valence-electron chi connectivity index (χ2n) is 4.35. The highest BCUT2D eigenvalue weighted by molar-refractivity contribution is 7.89. The van der Waals surface area contributed by atoms with Crippen LogP contribution in [0.3, 0.4) is 0 Å². The molecule has 0 amide bonds. The van der Waals surface area contributed by atoms with Gasteiger partial charge < -0.3 is 5.32 Å². The van der Waals surface area contributed by atoms with Gasteiger partial charge in [-0.15, -0.1) is 11.3 Å². The van der Waals surface area contributed by atoms with E-state index in [0.717, 1.165) is 18.0 Å². The van der Waals surface area contributed by atoms with Crippen molar-refractivity contribution >= 4 is 27.3 Å². The minimum absolute atomic E-state index is 0.0384. The third-order valence-electron chi connectivity index (χ3n) is 2.58. The van der Waals surface area contributed by atoms with E-state index in [-0.39, 0.29) is 11.4 Å². The van der Waals surface area contributed by atoms with Crippen molar-refractivity contribution in [2.45, 2.75) is 31.7 Å². The highest BCUT2D eigenvalue weighted by atomic mass is 32.2. The molecule has 0 aliphatic rings. The summed E-state index contributed by atoms with van der Waals surface area (Å²) in [4.78, 5) is 12.2. The molecule has 2 heterocycles. The minimum Gasteiger partial charge on any atom is -0.354 e. The molecule has 0 radical (unpaired) electrons. The maximum absolute atomic E-state index is 12.1. The number of sulfonamides is 1. The molecule has 2 aromatic rings. The average molecular weight is 327 g/mol. The second-order valence-corrected chi connectivity index (χ2v) is 7.18. The minimum atomic E-state index is -3.62. The van der Waals surface area contributed by atoms with Gasteiger partial charge in [-0.1, -0.05) is 6.92 Å². The fourth-order valence-corrected chi connectivity index (χ4v) is 3.02. The van der Waals surface area contributed by atoms with Crippen molar-refractivity contribution in [3.8, 4) is 0 Å². The van der Waals surface area contributed by atoms with Gasteiger partial charge in [0.15, 0.2) is 0 Å². The predicted molar refractivity (Wildman–Crippen MR) is 81.7 cm³/mol. The van der Waals surface area contributed by atoms with Crippen LogP contribution in [0.4, 0.5) is 5.95 Å². The van der Waals surface area contributed by atoms with Crippen LogP contribution in [0.1, 0.15) is 24.0 Å². The van der Waals surface area contributed by atoms with Crippen molar-refractivity contribution in [1.82, 2.24) is 19.7 Å². The fourth-order valence-electron chi connectivity index (χ4n) is 1.52. The Kier molecular flexibility index (Phi) is 5.21. The van der Waals surface area contributed by atoms with Crippen LogP contribution < -0.4 is 10.0 Å². The zero-order chi connectivity index (χ0) is 15.3. The summed E-state index contributed by atoms with van der Waals surface area (Å²) in [5, 5.41) is 5.71. The molecule has 0 fully saturated rings. The van der Waals surface area contributed by atoms with Crippen molar-refractivity contribution in [1.29, 1.82) is 0 Å². The van der Waals surface area contributed by atoms with Gasteiger partial charge in [-0.25, -0.2) is 28.1 Å². The standard InChI is InChI=1S/C12H17N5O2S2/c1-3-4-13-12-14-6-11(7-15-12)21(18,19)16-5-10-8-20-9(2)17-10/h6-8,16H,3-5H2,1-2H3,(H,13,14,15). The van der Waals surface area contributed by atoms with Gasteiger partial charge in [-0.3, -0.25) is 0 Å². The number of hydrogen-bond acceptors (Lipinski definition) is 7. The number of nitrogens with zero attached hydrogens (tertiary/aromatic N) is 3. The molecule has 2 aromatic heterocycles. The Morgan fingerprint density at radius 1 is 1.29 bits per heavy atom. The molecule has 0 spiro atoms. The highest BCUT2D eigenvalue weighted by Crippen LogP contribution is 2.11. The zero-order valence-electron chi connectivity index (χ0n) is 11.8. The van der Waals surface area contributed by atoms with Gasteiger partial charge in [0, 0.05) is 11.9 Å². The maximum Gasteiger partial charge on any atom is 0.244 e. The number of aryl methyl sites for hydroxylation is 1.